The van der Waals surface area contributed by atoms with E-state index < -0.39 is 47.7 Å². The first-order chi connectivity index (χ1) is 19.8. The Morgan fingerprint density at radius 3 is 1.98 bits per heavy atom. The van der Waals surface area contributed by atoms with Gasteiger partial charge >= 0.3 is 6.18 Å². The number of hydrogen-bond donors (Lipinski definition) is 2. The van der Waals surface area contributed by atoms with Crippen LogP contribution < -0.4 is 15.4 Å². The van der Waals surface area contributed by atoms with Crippen LogP contribution in [-0.2, 0) is 20.8 Å². The second-order valence-electron chi connectivity index (χ2n) is 10.1. The molecule has 3 rings (SSSR count). The number of alkyl halides is 3. The molecule has 3 atom stereocenters. The van der Waals surface area contributed by atoms with E-state index >= 15 is 0 Å². The van der Waals surface area contributed by atoms with Gasteiger partial charge in [-0.2, -0.15) is 13.2 Å². The maximum absolute atomic E-state index is 13.5. The SMILES string of the molecule is COc1ccc(C(CC(=O)NC(Cc2cccc(Cl)c2)C(=O)NC(C(=O)C(F)(F)F)C(C)C)c2ccc(Cl)cc2)cc1. The van der Waals surface area contributed by atoms with Crippen molar-refractivity contribution in [3.05, 3.63) is 99.5 Å². The van der Waals surface area contributed by atoms with Gasteiger partial charge in [-0.15, -0.1) is 0 Å². The predicted molar refractivity (Wildman–Crippen MR) is 156 cm³/mol. The van der Waals surface area contributed by atoms with Crippen molar-refractivity contribution < 1.29 is 32.3 Å². The first-order valence-corrected chi connectivity index (χ1v) is 13.9. The summed E-state index contributed by atoms with van der Waals surface area (Å²) < 4.78 is 45.0. The van der Waals surface area contributed by atoms with Crippen LogP contribution in [0.5, 0.6) is 5.75 Å². The number of methoxy groups -OCH3 is 1. The Kier molecular flexibility index (Phi) is 11.4. The Morgan fingerprint density at radius 1 is 0.857 bits per heavy atom. The lowest BCUT2D eigenvalue weighted by Gasteiger charge is -2.26. The van der Waals surface area contributed by atoms with Gasteiger partial charge in [-0.1, -0.05) is 73.4 Å². The van der Waals surface area contributed by atoms with E-state index in [0.717, 1.165) is 11.1 Å². The number of ketones is 1. The zero-order valence-corrected chi connectivity index (χ0v) is 24.7. The summed E-state index contributed by atoms with van der Waals surface area (Å²) in [5.74, 6) is -4.19. The Bertz CT molecular complexity index is 1380. The molecular weight excluding hydrogens is 592 g/mol. The molecule has 42 heavy (non-hydrogen) atoms. The molecule has 0 aromatic heterocycles. The maximum Gasteiger partial charge on any atom is 0.452 e. The molecule has 2 N–H and O–H groups in total. The largest absolute Gasteiger partial charge is 0.497 e. The number of carbonyl (C=O) groups is 3. The number of halogens is 5. The number of Topliss-reactive ketones (excluding diaryl/α,β-unsaturated/α-hetero) is 1. The molecule has 0 bridgehead atoms. The zero-order valence-electron chi connectivity index (χ0n) is 23.2. The fourth-order valence-electron chi connectivity index (χ4n) is 4.47. The molecule has 3 aromatic rings. The Labute approximate surface area is 252 Å². The minimum atomic E-state index is -5.14. The van der Waals surface area contributed by atoms with Gasteiger partial charge in [-0.25, -0.2) is 0 Å². The molecule has 6 nitrogen and oxygen atoms in total. The molecule has 0 aliphatic heterocycles. The van der Waals surface area contributed by atoms with Crippen LogP contribution in [0.1, 0.15) is 42.9 Å². The average molecular weight is 623 g/mol. The van der Waals surface area contributed by atoms with E-state index in [1.54, 1.807) is 60.7 Å². The zero-order chi connectivity index (χ0) is 31.0. The van der Waals surface area contributed by atoms with Crippen molar-refractivity contribution in [1.29, 1.82) is 0 Å². The number of ether oxygens (including phenoxy) is 1. The molecule has 11 heteroatoms. The van der Waals surface area contributed by atoms with Crippen LogP contribution in [0.4, 0.5) is 13.2 Å². The highest BCUT2D eigenvalue weighted by atomic mass is 35.5. The lowest BCUT2D eigenvalue weighted by molar-refractivity contribution is -0.175. The van der Waals surface area contributed by atoms with Crippen molar-refractivity contribution in [3.8, 4) is 5.75 Å². The summed E-state index contributed by atoms with van der Waals surface area (Å²) in [7, 11) is 1.54. The third-order valence-corrected chi connectivity index (χ3v) is 7.17. The summed E-state index contributed by atoms with van der Waals surface area (Å²) in [6.45, 7) is 2.79. The Morgan fingerprint density at radius 2 is 1.45 bits per heavy atom. The third-order valence-electron chi connectivity index (χ3n) is 6.69. The van der Waals surface area contributed by atoms with E-state index in [-0.39, 0.29) is 12.8 Å². The summed E-state index contributed by atoms with van der Waals surface area (Å²) >= 11 is 12.2. The Hall–Kier alpha value is -3.56. The van der Waals surface area contributed by atoms with Crippen LogP contribution in [0.15, 0.2) is 72.8 Å². The van der Waals surface area contributed by atoms with Gasteiger partial charge in [0.1, 0.15) is 11.8 Å². The van der Waals surface area contributed by atoms with Crippen LogP contribution in [0.3, 0.4) is 0 Å². The summed E-state index contributed by atoms with van der Waals surface area (Å²) in [4.78, 5) is 38.9. The fourth-order valence-corrected chi connectivity index (χ4v) is 4.81. The van der Waals surface area contributed by atoms with E-state index in [9.17, 15) is 27.6 Å². The monoisotopic (exact) mass is 622 g/mol. The molecule has 0 aliphatic rings. The van der Waals surface area contributed by atoms with Crippen molar-refractivity contribution in [1.82, 2.24) is 10.6 Å². The van der Waals surface area contributed by atoms with Gasteiger partial charge in [0.25, 0.3) is 5.78 Å². The molecule has 3 unspecified atom stereocenters. The first-order valence-electron chi connectivity index (χ1n) is 13.1. The number of nitrogens with one attached hydrogen (secondary N) is 2. The highest BCUT2D eigenvalue weighted by molar-refractivity contribution is 6.30. The molecular formula is C31H31Cl2F3N2O4. The second-order valence-corrected chi connectivity index (χ2v) is 11.0. The van der Waals surface area contributed by atoms with E-state index in [1.165, 1.54) is 21.0 Å². The molecule has 0 aliphatic carbocycles. The maximum atomic E-state index is 13.5. The quantitative estimate of drug-likeness (QED) is 0.241. The number of benzene rings is 3. The van der Waals surface area contributed by atoms with E-state index in [0.29, 0.717) is 21.4 Å². The van der Waals surface area contributed by atoms with Crippen LogP contribution in [0, 0.1) is 5.92 Å². The molecule has 0 spiro atoms. The first kappa shape index (κ1) is 32.9. The molecule has 0 saturated heterocycles. The highest BCUT2D eigenvalue weighted by Gasteiger charge is 2.45. The molecule has 0 heterocycles. The molecule has 2 amide bonds. The van der Waals surface area contributed by atoms with Gasteiger partial charge in [0.2, 0.25) is 11.8 Å². The van der Waals surface area contributed by atoms with Crippen LogP contribution in [-0.4, -0.2) is 43.0 Å². The number of amides is 2. The van der Waals surface area contributed by atoms with Crippen molar-refractivity contribution in [2.75, 3.05) is 7.11 Å². The van der Waals surface area contributed by atoms with E-state index in [1.807, 2.05) is 12.1 Å². The average Bonchev–Trinajstić information content (AvgIpc) is 2.94. The highest BCUT2D eigenvalue weighted by Crippen LogP contribution is 2.30. The standard InChI is InChI=1S/C31H31Cl2F3N2O4/c1-18(2)28(29(40)31(34,35)36)38-30(41)26(16-19-5-4-6-23(33)15-19)37-27(39)17-25(20-7-11-22(32)12-8-20)21-9-13-24(42-3)14-10-21/h4-15,18,25-26,28H,16-17H2,1-3H3,(H,37,39)(H,38,41). The van der Waals surface area contributed by atoms with Crippen molar-refractivity contribution >= 4 is 40.8 Å². The number of rotatable bonds is 12. The summed E-state index contributed by atoms with van der Waals surface area (Å²) in [6.07, 6.45) is -5.31. The van der Waals surface area contributed by atoms with Gasteiger partial charge in [0.15, 0.2) is 0 Å². The van der Waals surface area contributed by atoms with Gasteiger partial charge in [-0.05, 0) is 59.0 Å². The van der Waals surface area contributed by atoms with Crippen LogP contribution in [0.2, 0.25) is 10.0 Å². The van der Waals surface area contributed by atoms with E-state index in [2.05, 4.69) is 10.6 Å². The van der Waals surface area contributed by atoms with Gasteiger partial charge in [-0.3, -0.25) is 14.4 Å². The van der Waals surface area contributed by atoms with Crippen molar-refractivity contribution in [3.63, 3.8) is 0 Å². The molecule has 224 valence electrons. The fraction of sp³-hybridized carbons (Fsp3) is 0.323. The van der Waals surface area contributed by atoms with Crippen molar-refractivity contribution in [2.24, 2.45) is 5.92 Å². The molecule has 0 fully saturated rings. The minimum Gasteiger partial charge on any atom is -0.497 e. The predicted octanol–water partition coefficient (Wildman–Crippen LogP) is 6.52. The molecule has 0 saturated carbocycles. The third kappa shape index (κ3) is 9.22. The topological polar surface area (TPSA) is 84.5 Å². The summed E-state index contributed by atoms with van der Waals surface area (Å²) in [6, 6.07) is 17.6. The molecule has 3 aromatic carbocycles. The van der Waals surface area contributed by atoms with Gasteiger partial charge < -0.3 is 15.4 Å². The normalized spacial score (nSPS) is 13.6. The van der Waals surface area contributed by atoms with Gasteiger partial charge in [0.05, 0.1) is 13.2 Å². The number of carbonyl (C=O) groups excluding carboxylic acids is 3. The second kappa shape index (κ2) is 14.6. The van der Waals surface area contributed by atoms with Crippen LogP contribution >= 0.6 is 23.2 Å². The smallest absolute Gasteiger partial charge is 0.452 e. The van der Waals surface area contributed by atoms with Crippen LogP contribution in [0.25, 0.3) is 0 Å². The van der Waals surface area contributed by atoms with E-state index in [4.69, 9.17) is 27.9 Å². The minimum absolute atomic E-state index is 0.0721. The lowest BCUT2D eigenvalue weighted by Crippen LogP contribution is -2.56. The van der Waals surface area contributed by atoms with Gasteiger partial charge in [0, 0.05) is 28.8 Å². The summed E-state index contributed by atoms with van der Waals surface area (Å²) in [5, 5.41) is 5.79. The number of hydrogen-bond acceptors (Lipinski definition) is 4. The lowest BCUT2D eigenvalue weighted by atomic mass is 9.88. The Balaban J connectivity index is 1.90. The van der Waals surface area contributed by atoms with Crippen molar-refractivity contribution in [2.45, 2.75) is 50.9 Å². The molecule has 0 radical (unpaired) electrons. The summed E-state index contributed by atoms with van der Waals surface area (Å²) in [5.41, 5.74) is 2.14.